The number of pyridine rings is 1. The van der Waals surface area contributed by atoms with Gasteiger partial charge in [0.05, 0.1) is 10.9 Å². The number of carbonyl (C=O) groups excluding carboxylic acids is 2. The molecule has 0 bridgehead atoms. The normalized spacial score (nSPS) is 10.8. The predicted molar refractivity (Wildman–Crippen MR) is 108 cm³/mol. The van der Waals surface area contributed by atoms with E-state index in [1.807, 2.05) is 0 Å². The lowest BCUT2D eigenvalue weighted by Crippen LogP contribution is -2.37. The first-order valence-electron chi connectivity index (χ1n) is 8.85. The Bertz CT molecular complexity index is 1240. The Morgan fingerprint density at radius 2 is 1.79 bits per heavy atom. The summed E-state index contributed by atoms with van der Waals surface area (Å²) in [6, 6.07) is 8.40. The van der Waals surface area contributed by atoms with Crippen molar-refractivity contribution >= 4 is 22.8 Å². The maximum absolute atomic E-state index is 12.5. The second-order valence-corrected chi connectivity index (χ2v) is 6.88. The molecule has 0 atom stereocenters. The molecule has 0 fully saturated rings. The van der Waals surface area contributed by atoms with E-state index >= 15 is 0 Å². The standard InChI is InChI=1S/C20H21N5O4/c1-23(2)18(27)13-7-5-6-12(8-13)10-22-17(26)14-9-15-16(21-11-14)24(3)20(29)25(4)19(15)28/h5-9,11H,10H2,1-4H3,(H,22,26). The number of nitrogens with zero attached hydrogens (tertiary/aromatic N) is 4. The van der Waals surface area contributed by atoms with Crippen molar-refractivity contribution in [2.45, 2.75) is 6.54 Å². The lowest BCUT2D eigenvalue weighted by atomic mass is 10.1. The Labute approximate surface area is 166 Å². The molecule has 9 nitrogen and oxygen atoms in total. The number of nitrogens with one attached hydrogen (secondary N) is 1. The van der Waals surface area contributed by atoms with Crippen molar-refractivity contribution in [3.05, 3.63) is 74.1 Å². The largest absolute Gasteiger partial charge is 0.348 e. The van der Waals surface area contributed by atoms with Gasteiger partial charge in [0.2, 0.25) is 0 Å². The van der Waals surface area contributed by atoms with Crippen molar-refractivity contribution in [3.63, 3.8) is 0 Å². The summed E-state index contributed by atoms with van der Waals surface area (Å²) in [6.07, 6.45) is 1.32. The van der Waals surface area contributed by atoms with Crippen LogP contribution in [0.15, 0.2) is 46.1 Å². The minimum atomic E-state index is -0.514. The van der Waals surface area contributed by atoms with Crippen LogP contribution in [0.25, 0.3) is 11.0 Å². The van der Waals surface area contributed by atoms with E-state index in [1.165, 1.54) is 35.8 Å². The number of hydrogen-bond donors (Lipinski definition) is 1. The molecule has 0 radical (unpaired) electrons. The summed E-state index contributed by atoms with van der Waals surface area (Å²) in [5, 5.41) is 2.94. The number of aryl methyl sites for hydroxylation is 1. The molecule has 0 aliphatic heterocycles. The molecule has 0 spiro atoms. The van der Waals surface area contributed by atoms with Crippen molar-refractivity contribution in [3.8, 4) is 0 Å². The lowest BCUT2D eigenvalue weighted by Gasteiger charge is -2.12. The smallest absolute Gasteiger partial charge is 0.332 e. The van der Waals surface area contributed by atoms with Crippen molar-refractivity contribution in [1.82, 2.24) is 24.3 Å². The highest BCUT2D eigenvalue weighted by molar-refractivity contribution is 5.97. The summed E-state index contributed by atoms with van der Waals surface area (Å²) in [7, 11) is 6.23. The average molecular weight is 395 g/mol. The van der Waals surface area contributed by atoms with Crippen LogP contribution in [0, 0.1) is 0 Å². The van der Waals surface area contributed by atoms with Crippen LogP contribution in [0.2, 0.25) is 0 Å². The first-order chi connectivity index (χ1) is 13.7. The van der Waals surface area contributed by atoms with E-state index in [9.17, 15) is 19.2 Å². The minimum Gasteiger partial charge on any atom is -0.348 e. The van der Waals surface area contributed by atoms with E-state index in [0.717, 1.165) is 10.1 Å². The van der Waals surface area contributed by atoms with Gasteiger partial charge >= 0.3 is 5.69 Å². The van der Waals surface area contributed by atoms with Gasteiger partial charge < -0.3 is 10.2 Å². The van der Waals surface area contributed by atoms with E-state index in [-0.39, 0.29) is 29.0 Å². The van der Waals surface area contributed by atoms with Gasteiger partial charge in [-0.2, -0.15) is 0 Å². The molecule has 9 heteroatoms. The quantitative estimate of drug-likeness (QED) is 0.682. The molecule has 3 rings (SSSR count). The molecule has 1 N–H and O–H groups in total. The van der Waals surface area contributed by atoms with Gasteiger partial charge in [-0.3, -0.25) is 23.5 Å². The number of amides is 2. The Morgan fingerprint density at radius 3 is 2.48 bits per heavy atom. The summed E-state index contributed by atoms with van der Waals surface area (Å²) in [6.45, 7) is 0.205. The van der Waals surface area contributed by atoms with Gasteiger partial charge in [0.25, 0.3) is 17.4 Å². The number of aromatic nitrogens is 3. The summed E-state index contributed by atoms with van der Waals surface area (Å²) >= 11 is 0. The summed E-state index contributed by atoms with van der Waals surface area (Å²) < 4.78 is 2.23. The van der Waals surface area contributed by atoms with Crippen LogP contribution >= 0.6 is 0 Å². The maximum atomic E-state index is 12.5. The molecule has 0 saturated heterocycles. The summed E-state index contributed by atoms with van der Waals surface area (Å²) in [5.74, 6) is -0.544. The van der Waals surface area contributed by atoms with E-state index in [2.05, 4.69) is 10.3 Å². The third-order valence-corrected chi connectivity index (χ3v) is 4.59. The minimum absolute atomic E-state index is 0.127. The van der Waals surface area contributed by atoms with E-state index in [1.54, 1.807) is 38.4 Å². The van der Waals surface area contributed by atoms with Gasteiger partial charge in [-0.05, 0) is 23.8 Å². The lowest BCUT2D eigenvalue weighted by molar-refractivity contribution is 0.0827. The third kappa shape index (κ3) is 3.79. The average Bonchev–Trinajstić information content (AvgIpc) is 2.73. The number of benzene rings is 1. The van der Waals surface area contributed by atoms with Crippen LogP contribution in [0.3, 0.4) is 0 Å². The molecule has 150 valence electrons. The highest BCUT2D eigenvalue weighted by atomic mass is 16.2. The SMILES string of the molecule is CN(C)C(=O)c1cccc(CNC(=O)c2cnc3c(c2)c(=O)n(C)c(=O)n3C)c1. The van der Waals surface area contributed by atoms with Crippen molar-refractivity contribution in [2.75, 3.05) is 14.1 Å². The van der Waals surface area contributed by atoms with E-state index in [0.29, 0.717) is 5.56 Å². The van der Waals surface area contributed by atoms with Crippen LogP contribution in [-0.4, -0.2) is 44.9 Å². The monoisotopic (exact) mass is 395 g/mol. The number of carbonyl (C=O) groups is 2. The van der Waals surface area contributed by atoms with Crippen LogP contribution in [0.1, 0.15) is 26.3 Å². The van der Waals surface area contributed by atoms with Gasteiger partial charge in [-0.15, -0.1) is 0 Å². The first kappa shape index (κ1) is 20.0. The zero-order chi connectivity index (χ0) is 21.3. The second kappa shape index (κ2) is 7.70. The molecule has 3 aromatic rings. The first-order valence-corrected chi connectivity index (χ1v) is 8.85. The topological polar surface area (TPSA) is 106 Å². The highest BCUT2D eigenvalue weighted by Crippen LogP contribution is 2.10. The fraction of sp³-hybridized carbons (Fsp3) is 0.250. The highest BCUT2D eigenvalue weighted by Gasteiger charge is 2.14. The van der Waals surface area contributed by atoms with Crippen LogP contribution in [0.5, 0.6) is 0 Å². The van der Waals surface area contributed by atoms with Crippen LogP contribution in [-0.2, 0) is 20.6 Å². The Hall–Kier alpha value is -3.75. The molecule has 0 aliphatic carbocycles. The number of hydrogen-bond acceptors (Lipinski definition) is 5. The van der Waals surface area contributed by atoms with E-state index < -0.39 is 17.2 Å². The number of fused-ring (bicyclic) bond motifs is 1. The van der Waals surface area contributed by atoms with E-state index in [4.69, 9.17) is 0 Å². The van der Waals surface area contributed by atoms with Crippen molar-refractivity contribution < 1.29 is 9.59 Å². The van der Waals surface area contributed by atoms with Gasteiger partial charge in [-0.25, -0.2) is 9.78 Å². The fourth-order valence-corrected chi connectivity index (χ4v) is 2.95. The molecule has 2 heterocycles. The predicted octanol–water partition coefficient (Wildman–Crippen LogP) is 0.264. The molecule has 2 aromatic heterocycles. The molecule has 0 unspecified atom stereocenters. The Kier molecular flexibility index (Phi) is 5.31. The molecule has 1 aromatic carbocycles. The van der Waals surface area contributed by atoms with Crippen molar-refractivity contribution in [1.29, 1.82) is 0 Å². The van der Waals surface area contributed by atoms with Crippen LogP contribution < -0.4 is 16.6 Å². The van der Waals surface area contributed by atoms with Crippen molar-refractivity contribution in [2.24, 2.45) is 14.1 Å². The van der Waals surface area contributed by atoms with Gasteiger partial charge in [0, 0.05) is 46.5 Å². The molecule has 0 saturated carbocycles. The number of rotatable bonds is 4. The second-order valence-electron chi connectivity index (χ2n) is 6.88. The molecule has 2 amide bonds. The van der Waals surface area contributed by atoms with Crippen LogP contribution in [0.4, 0.5) is 0 Å². The summed E-state index contributed by atoms with van der Waals surface area (Å²) in [5.41, 5.74) is 0.703. The zero-order valence-electron chi connectivity index (χ0n) is 16.6. The fourth-order valence-electron chi connectivity index (χ4n) is 2.95. The zero-order valence-corrected chi connectivity index (χ0v) is 16.6. The molecular weight excluding hydrogens is 374 g/mol. The Balaban J connectivity index is 1.84. The molecule has 0 aliphatic rings. The summed E-state index contributed by atoms with van der Waals surface area (Å²) in [4.78, 5) is 54.5. The third-order valence-electron chi connectivity index (χ3n) is 4.59. The van der Waals surface area contributed by atoms with Gasteiger partial charge in [0.1, 0.15) is 5.65 Å². The molecule has 29 heavy (non-hydrogen) atoms. The van der Waals surface area contributed by atoms with Gasteiger partial charge in [0.15, 0.2) is 0 Å². The van der Waals surface area contributed by atoms with Gasteiger partial charge in [-0.1, -0.05) is 12.1 Å². The maximum Gasteiger partial charge on any atom is 0.332 e. The Morgan fingerprint density at radius 1 is 1.07 bits per heavy atom. The molecular formula is C20H21N5O4.